The Labute approximate surface area is 112 Å². The minimum Gasteiger partial charge on any atom is -0.490 e. The lowest BCUT2D eigenvalue weighted by Gasteiger charge is -2.13. The summed E-state index contributed by atoms with van der Waals surface area (Å²) < 4.78 is 11.0. The average Bonchev–Trinajstić information content (AvgIpc) is 2.44. The van der Waals surface area contributed by atoms with Crippen LogP contribution in [-0.2, 0) is 4.79 Å². The Bertz CT molecular complexity index is 431. The van der Waals surface area contributed by atoms with E-state index in [1.54, 1.807) is 25.2 Å². The molecule has 0 saturated heterocycles. The van der Waals surface area contributed by atoms with E-state index in [1.165, 1.54) is 0 Å². The smallest absolute Gasteiger partial charge is 0.219 e. The molecular weight excluding hydrogens is 246 g/mol. The SMILES string of the molecule is CCOc1cccc(C=O)c1OCCCC(=O)NC. The number of ether oxygens (including phenoxy) is 2. The predicted molar refractivity (Wildman–Crippen MR) is 71.8 cm³/mol. The molecule has 0 bridgehead atoms. The van der Waals surface area contributed by atoms with Gasteiger partial charge in [0.05, 0.1) is 18.8 Å². The van der Waals surface area contributed by atoms with Gasteiger partial charge < -0.3 is 14.8 Å². The molecule has 0 saturated carbocycles. The van der Waals surface area contributed by atoms with Gasteiger partial charge in [0.1, 0.15) is 0 Å². The van der Waals surface area contributed by atoms with Crippen molar-refractivity contribution in [2.45, 2.75) is 19.8 Å². The Morgan fingerprint density at radius 1 is 1.37 bits per heavy atom. The van der Waals surface area contributed by atoms with E-state index in [2.05, 4.69) is 5.32 Å². The van der Waals surface area contributed by atoms with Crippen LogP contribution >= 0.6 is 0 Å². The van der Waals surface area contributed by atoms with Crippen molar-refractivity contribution in [2.24, 2.45) is 0 Å². The summed E-state index contributed by atoms with van der Waals surface area (Å²) >= 11 is 0. The lowest BCUT2D eigenvalue weighted by atomic mass is 10.2. The molecule has 0 aliphatic rings. The Balaban J connectivity index is 2.64. The maximum Gasteiger partial charge on any atom is 0.219 e. The van der Waals surface area contributed by atoms with Crippen LogP contribution in [0, 0.1) is 0 Å². The van der Waals surface area contributed by atoms with Gasteiger partial charge in [-0.1, -0.05) is 6.07 Å². The summed E-state index contributed by atoms with van der Waals surface area (Å²) in [5.74, 6) is 0.959. The second-order valence-corrected chi connectivity index (χ2v) is 3.85. The molecule has 19 heavy (non-hydrogen) atoms. The third kappa shape index (κ3) is 4.62. The lowest BCUT2D eigenvalue weighted by Crippen LogP contribution is -2.18. The number of amides is 1. The molecule has 0 aliphatic heterocycles. The Morgan fingerprint density at radius 2 is 2.16 bits per heavy atom. The molecule has 104 valence electrons. The highest BCUT2D eigenvalue weighted by Gasteiger charge is 2.10. The number of aldehydes is 1. The van der Waals surface area contributed by atoms with Gasteiger partial charge in [-0.3, -0.25) is 9.59 Å². The second kappa shape index (κ2) is 8.13. The lowest BCUT2D eigenvalue weighted by molar-refractivity contribution is -0.120. The number of nitrogens with one attached hydrogen (secondary N) is 1. The average molecular weight is 265 g/mol. The topological polar surface area (TPSA) is 64.6 Å². The molecule has 1 aromatic rings. The van der Waals surface area contributed by atoms with Gasteiger partial charge in [-0.25, -0.2) is 0 Å². The van der Waals surface area contributed by atoms with Crippen LogP contribution < -0.4 is 14.8 Å². The maximum absolute atomic E-state index is 11.1. The minimum atomic E-state index is -0.0303. The first kappa shape index (κ1) is 15.0. The Hall–Kier alpha value is -2.04. The van der Waals surface area contributed by atoms with Gasteiger partial charge in [0.2, 0.25) is 5.91 Å². The highest BCUT2D eigenvalue weighted by atomic mass is 16.5. The zero-order valence-corrected chi connectivity index (χ0v) is 11.3. The molecule has 0 aromatic heterocycles. The van der Waals surface area contributed by atoms with Crippen LogP contribution in [0.3, 0.4) is 0 Å². The summed E-state index contributed by atoms with van der Waals surface area (Å²) in [4.78, 5) is 22.0. The fourth-order valence-corrected chi connectivity index (χ4v) is 1.58. The third-order valence-electron chi connectivity index (χ3n) is 2.51. The van der Waals surface area contributed by atoms with Gasteiger partial charge in [-0.2, -0.15) is 0 Å². The van der Waals surface area contributed by atoms with E-state index in [4.69, 9.17) is 9.47 Å². The first-order chi connectivity index (χ1) is 9.22. The Kier molecular flexibility index (Phi) is 6.43. The minimum absolute atomic E-state index is 0.0303. The van der Waals surface area contributed by atoms with Gasteiger partial charge in [-0.15, -0.1) is 0 Å². The molecule has 0 radical (unpaired) electrons. The van der Waals surface area contributed by atoms with Gasteiger partial charge in [-0.05, 0) is 25.5 Å². The van der Waals surface area contributed by atoms with Crippen LogP contribution in [0.15, 0.2) is 18.2 Å². The zero-order chi connectivity index (χ0) is 14.1. The van der Waals surface area contributed by atoms with Crippen molar-refractivity contribution in [1.82, 2.24) is 5.32 Å². The zero-order valence-electron chi connectivity index (χ0n) is 11.3. The third-order valence-corrected chi connectivity index (χ3v) is 2.51. The number of carbonyl (C=O) groups excluding carboxylic acids is 2. The van der Waals surface area contributed by atoms with Gasteiger partial charge >= 0.3 is 0 Å². The highest BCUT2D eigenvalue weighted by Crippen LogP contribution is 2.30. The molecule has 1 aromatic carbocycles. The quantitative estimate of drug-likeness (QED) is 0.575. The summed E-state index contributed by atoms with van der Waals surface area (Å²) in [5, 5.41) is 2.54. The molecule has 1 rings (SSSR count). The molecule has 1 N–H and O–H groups in total. The largest absolute Gasteiger partial charge is 0.490 e. The maximum atomic E-state index is 11.1. The number of hydrogen-bond acceptors (Lipinski definition) is 4. The van der Waals surface area contributed by atoms with Gasteiger partial charge in [0.25, 0.3) is 0 Å². The van der Waals surface area contributed by atoms with Crippen LogP contribution in [0.5, 0.6) is 11.5 Å². The van der Waals surface area contributed by atoms with Gasteiger partial charge in [0, 0.05) is 13.5 Å². The molecule has 0 aliphatic carbocycles. The summed E-state index contributed by atoms with van der Waals surface area (Å²) in [6, 6.07) is 5.17. The van der Waals surface area contributed by atoms with E-state index in [0.717, 1.165) is 6.29 Å². The number of hydrogen-bond donors (Lipinski definition) is 1. The van der Waals surface area contributed by atoms with Crippen LogP contribution in [0.25, 0.3) is 0 Å². The van der Waals surface area contributed by atoms with Crippen LogP contribution in [0.1, 0.15) is 30.1 Å². The predicted octanol–water partition coefficient (Wildman–Crippen LogP) is 1.80. The van der Waals surface area contributed by atoms with Crippen molar-refractivity contribution in [3.05, 3.63) is 23.8 Å². The summed E-state index contributed by atoms with van der Waals surface area (Å²) in [6.45, 7) is 2.72. The molecule has 0 atom stereocenters. The van der Waals surface area contributed by atoms with E-state index < -0.39 is 0 Å². The standard InChI is InChI=1S/C14H19NO4/c1-3-18-12-7-4-6-11(10-16)14(12)19-9-5-8-13(17)15-2/h4,6-7,10H,3,5,8-9H2,1-2H3,(H,15,17). The van der Waals surface area contributed by atoms with Crippen molar-refractivity contribution in [3.8, 4) is 11.5 Å². The van der Waals surface area contributed by atoms with Gasteiger partial charge in [0.15, 0.2) is 17.8 Å². The number of benzene rings is 1. The van der Waals surface area contributed by atoms with Crippen LogP contribution in [0.4, 0.5) is 0 Å². The monoisotopic (exact) mass is 265 g/mol. The number of carbonyl (C=O) groups is 2. The van der Waals surface area contributed by atoms with E-state index in [9.17, 15) is 9.59 Å². The van der Waals surface area contributed by atoms with Crippen molar-refractivity contribution >= 4 is 12.2 Å². The van der Waals surface area contributed by atoms with Crippen LogP contribution in [-0.4, -0.2) is 32.5 Å². The number of para-hydroxylation sites is 1. The van der Waals surface area contributed by atoms with Crippen molar-refractivity contribution in [1.29, 1.82) is 0 Å². The normalized spacial score (nSPS) is 9.79. The fraction of sp³-hybridized carbons (Fsp3) is 0.429. The van der Waals surface area contributed by atoms with Crippen LogP contribution in [0.2, 0.25) is 0 Å². The molecule has 1 amide bonds. The van der Waals surface area contributed by atoms with E-state index in [1.807, 2.05) is 6.92 Å². The Morgan fingerprint density at radius 3 is 2.79 bits per heavy atom. The second-order valence-electron chi connectivity index (χ2n) is 3.85. The van der Waals surface area contributed by atoms with E-state index in [-0.39, 0.29) is 5.91 Å². The first-order valence-electron chi connectivity index (χ1n) is 6.27. The molecular formula is C14H19NO4. The number of rotatable bonds is 8. The van der Waals surface area contributed by atoms with E-state index in [0.29, 0.717) is 43.1 Å². The summed E-state index contributed by atoms with van der Waals surface area (Å²) in [6.07, 6.45) is 1.71. The van der Waals surface area contributed by atoms with Crippen molar-refractivity contribution < 1.29 is 19.1 Å². The van der Waals surface area contributed by atoms with E-state index >= 15 is 0 Å². The first-order valence-corrected chi connectivity index (χ1v) is 6.27. The fourth-order valence-electron chi connectivity index (χ4n) is 1.58. The molecule has 5 nitrogen and oxygen atoms in total. The molecule has 0 unspecified atom stereocenters. The summed E-state index contributed by atoms with van der Waals surface area (Å²) in [5.41, 5.74) is 0.450. The summed E-state index contributed by atoms with van der Waals surface area (Å²) in [7, 11) is 1.60. The molecule has 0 fully saturated rings. The molecule has 0 heterocycles. The molecule has 5 heteroatoms. The molecule has 0 spiro atoms. The van der Waals surface area contributed by atoms with Crippen molar-refractivity contribution in [2.75, 3.05) is 20.3 Å². The highest BCUT2D eigenvalue weighted by molar-refractivity contribution is 5.81. The van der Waals surface area contributed by atoms with Crippen molar-refractivity contribution in [3.63, 3.8) is 0 Å².